The number of ether oxygens (including phenoxy) is 2. The highest BCUT2D eigenvalue weighted by atomic mass is 35.5. The molecule has 6 heteroatoms. The molecular formula is C20H26ClN2O3+. The molecule has 1 unspecified atom stereocenters. The number of hydrogen-bond donors (Lipinski definition) is 2. The van der Waals surface area contributed by atoms with Gasteiger partial charge in [-0.25, -0.2) is 0 Å². The smallest absolute Gasteiger partial charge is 0.275 e. The summed E-state index contributed by atoms with van der Waals surface area (Å²) in [6, 6.07) is 13.3. The van der Waals surface area contributed by atoms with Gasteiger partial charge in [0.05, 0.1) is 20.7 Å². The summed E-state index contributed by atoms with van der Waals surface area (Å²) in [5, 5.41) is 3.54. The third kappa shape index (κ3) is 6.58. The molecule has 2 aromatic carbocycles. The molecule has 2 N–H and O–H groups in total. The Balaban J connectivity index is 1.73. The number of carbonyl (C=O) groups is 1. The minimum atomic E-state index is -0.0173. The highest BCUT2D eigenvalue weighted by molar-refractivity contribution is 6.30. The largest absolute Gasteiger partial charge is 0.496 e. The van der Waals surface area contributed by atoms with Crippen molar-refractivity contribution in [1.29, 1.82) is 0 Å². The van der Waals surface area contributed by atoms with Crippen LogP contribution in [0.2, 0.25) is 5.02 Å². The van der Waals surface area contributed by atoms with Crippen LogP contribution in [-0.2, 0) is 11.3 Å². The zero-order chi connectivity index (χ0) is 18.9. The maximum Gasteiger partial charge on any atom is 0.275 e. The number of methoxy groups -OCH3 is 1. The summed E-state index contributed by atoms with van der Waals surface area (Å²) < 4.78 is 11.0. The summed E-state index contributed by atoms with van der Waals surface area (Å²) in [5.41, 5.74) is 2.13. The highest BCUT2D eigenvalue weighted by Crippen LogP contribution is 2.21. The van der Waals surface area contributed by atoms with Gasteiger partial charge in [-0.1, -0.05) is 23.7 Å². The van der Waals surface area contributed by atoms with Gasteiger partial charge >= 0.3 is 0 Å². The van der Waals surface area contributed by atoms with Crippen molar-refractivity contribution in [3.63, 3.8) is 0 Å². The normalized spacial score (nSPS) is 11.7. The van der Waals surface area contributed by atoms with E-state index < -0.39 is 0 Å². The van der Waals surface area contributed by atoms with E-state index in [1.807, 2.05) is 50.4 Å². The number of hydrogen-bond acceptors (Lipinski definition) is 3. The van der Waals surface area contributed by atoms with Gasteiger partial charge in [0.15, 0.2) is 6.54 Å². The molecule has 0 saturated heterocycles. The van der Waals surface area contributed by atoms with Crippen molar-refractivity contribution in [2.24, 2.45) is 0 Å². The number of rotatable bonds is 9. The molecule has 0 saturated carbocycles. The lowest BCUT2D eigenvalue weighted by molar-refractivity contribution is -0.885. The number of likely N-dealkylation sites (N-methyl/N-ethyl adjacent to an activating group) is 1. The molecule has 0 bridgehead atoms. The Kier molecular flexibility index (Phi) is 7.75. The zero-order valence-electron chi connectivity index (χ0n) is 15.5. The fourth-order valence-electron chi connectivity index (χ4n) is 2.67. The number of aryl methyl sites for hydroxylation is 1. The second-order valence-corrected chi connectivity index (χ2v) is 6.72. The molecular weight excluding hydrogens is 352 g/mol. The second kappa shape index (κ2) is 10.0. The average molecular weight is 378 g/mol. The van der Waals surface area contributed by atoms with Crippen LogP contribution >= 0.6 is 11.6 Å². The van der Waals surface area contributed by atoms with E-state index in [9.17, 15) is 4.79 Å². The van der Waals surface area contributed by atoms with Gasteiger partial charge in [0.25, 0.3) is 5.91 Å². The van der Waals surface area contributed by atoms with Crippen LogP contribution in [0.1, 0.15) is 11.1 Å². The summed E-state index contributed by atoms with van der Waals surface area (Å²) in [7, 11) is 3.59. The number of amides is 1. The summed E-state index contributed by atoms with van der Waals surface area (Å²) in [6.45, 7) is 3.94. The number of halogens is 1. The minimum Gasteiger partial charge on any atom is -0.496 e. The Morgan fingerprint density at radius 1 is 1.23 bits per heavy atom. The van der Waals surface area contributed by atoms with E-state index in [-0.39, 0.29) is 5.91 Å². The van der Waals surface area contributed by atoms with Crippen molar-refractivity contribution in [3.05, 3.63) is 58.6 Å². The summed E-state index contributed by atoms with van der Waals surface area (Å²) in [6.07, 6.45) is 0. The lowest BCUT2D eigenvalue weighted by Gasteiger charge is -2.16. The van der Waals surface area contributed by atoms with Crippen molar-refractivity contribution in [2.45, 2.75) is 13.5 Å². The van der Waals surface area contributed by atoms with Crippen molar-refractivity contribution in [1.82, 2.24) is 5.32 Å². The third-order valence-corrected chi connectivity index (χ3v) is 4.11. The number of benzene rings is 2. The van der Waals surface area contributed by atoms with E-state index >= 15 is 0 Å². The molecule has 0 aliphatic rings. The van der Waals surface area contributed by atoms with Gasteiger partial charge in [-0.05, 0) is 42.8 Å². The van der Waals surface area contributed by atoms with Crippen LogP contribution in [-0.4, -0.2) is 39.8 Å². The standard InChI is InChI=1S/C20H25ClN2O3/c1-15-5-4-6-18(11-15)26-10-9-22-20(24)14-23(2)13-16-12-17(21)7-8-19(16)25-3/h4-8,11-12H,9-10,13-14H2,1-3H3,(H,22,24)/p+1. The molecule has 1 atom stereocenters. The minimum absolute atomic E-state index is 0.0173. The molecule has 0 spiro atoms. The Labute approximate surface area is 159 Å². The van der Waals surface area contributed by atoms with Crippen molar-refractivity contribution in [3.8, 4) is 11.5 Å². The first kappa shape index (κ1) is 20.1. The van der Waals surface area contributed by atoms with Crippen molar-refractivity contribution >= 4 is 17.5 Å². The van der Waals surface area contributed by atoms with Crippen LogP contribution in [0.3, 0.4) is 0 Å². The monoisotopic (exact) mass is 377 g/mol. The second-order valence-electron chi connectivity index (χ2n) is 6.28. The SMILES string of the molecule is COc1ccc(Cl)cc1C[NH+](C)CC(=O)NCCOc1cccc(C)c1. The van der Waals surface area contributed by atoms with E-state index in [0.29, 0.717) is 31.3 Å². The first-order chi connectivity index (χ1) is 12.5. The number of carbonyl (C=O) groups excluding carboxylic acids is 1. The van der Waals surface area contributed by atoms with Gasteiger partial charge in [0.2, 0.25) is 0 Å². The Hall–Kier alpha value is -2.24. The van der Waals surface area contributed by atoms with E-state index in [2.05, 4.69) is 5.32 Å². The fraction of sp³-hybridized carbons (Fsp3) is 0.350. The fourth-order valence-corrected chi connectivity index (χ4v) is 2.87. The van der Waals surface area contributed by atoms with Crippen LogP contribution in [0.25, 0.3) is 0 Å². The average Bonchev–Trinajstić information content (AvgIpc) is 2.59. The number of quaternary nitrogens is 1. The molecule has 1 amide bonds. The van der Waals surface area contributed by atoms with E-state index in [1.54, 1.807) is 13.2 Å². The van der Waals surface area contributed by atoms with Gasteiger partial charge in [-0.2, -0.15) is 0 Å². The van der Waals surface area contributed by atoms with Crippen LogP contribution in [0.5, 0.6) is 11.5 Å². The lowest BCUT2D eigenvalue weighted by atomic mass is 10.2. The molecule has 0 fully saturated rings. The molecule has 0 heterocycles. The van der Waals surface area contributed by atoms with E-state index in [0.717, 1.165) is 27.5 Å². The summed E-state index contributed by atoms with van der Waals surface area (Å²) in [5.74, 6) is 1.58. The molecule has 0 aliphatic carbocycles. The predicted octanol–water partition coefficient (Wildman–Crippen LogP) is 1.87. The predicted molar refractivity (Wildman–Crippen MR) is 103 cm³/mol. The molecule has 2 rings (SSSR count). The van der Waals surface area contributed by atoms with Gasteiger partial charge in [-0.3, -0.25) is 4.79 Å². The maximum atomic E-state index is 12.1. The first-order valence-electron chi connectivity index (χ1n) is 8.58. The maximum absolute atomic E-state index is 12.1. The molecule has 140 valence electrons. The molecule has 2 aromatic rings. The first-order valence-corrected chi connectivity index (χ1v) is 8.95. The van der Waals surface area contributed by atoms with Crippen molar-refractivity contribution < 1.29 is 19.2 Å². The lowest BCUT2D eigenvalue weighted by Crippen LogP contribution is -3.08. The van der Waals surface area contributed by atoms with Crippen LogP contribution < -0.4 is 19.7 Å². The third-order valence-electron chi connectivity index (χ3n) is 3.88. The summed E-state index contributed by atoms with van der Waals surface area (Å²) in [4.78, 5) is 13.1. The van der Waals surface area contributed by atoms with E-state index in [1.165, 1.54) is 0 Å². The van der Waals surface area contributed by atoms with Crippen molar-refractivity contribution in [2.75, 3.05) is 33.9 Å². The molecule has 0 aliphatic heterocycles. The molecule has 5 nitrogen and oxygen atoms in total. The van der Waals surface area contributed by atoms with Crippen LogP contribution in [0.4, 0.5) is 0 Å². The van der Waals surface area contributed by atoms with Gasteiger partial charge in [0.1, 0.15) is 24.7 Å². The van der Waals surface area contributed by atoms with E-state index in [4.69, 9.17) is 21.1 Å². The quantitative estimate of drug-likeness (QED) is 0.656. The van der Waals surface area contributed by atoms with Crippen LogP contribution in [0.15, 0.2) is 42.5 Å². The van der Waals surface area contributed by atoms with Gasteiger partial charge in [-0.15, -0.1) is 0 Å². The Bertz CT molecular complexity index is 737. The topological polar surface area (TPSA) is 52.0 Å². The Morgan fingerprint density at radius 2 is 2.04 bits per heavy atom. The molecule has 0 aromatic heterocycles. The zero-order valence-corrected chi connectivity index (χ0v) is 16.2. The highest BCUT2D eigenvalue weighted by Gasteiger charge is 2.13. The van der Waals surface area contributed by atoms with Gasteiger partial charge in [0, 0.05) is 10.6 Å². The number of nitrogens with one attached hydrogen (secondary N) is 2. The van der Waals surface area contributed by atoms with Crippen LogP contribution in [0, 0.1) is 6.92 Å². The molecule has 26 heavy (non-hydrogen) atoms. The molecule has 0 radical (unpaired) electrons. The Morgan fingerprint density at radius 3 is 2.77 bits per heavy atom. The summed E-state index contributed by atoms with van der Waals surface area (Å²) >= 11 is 6.05. The van der Waals surface area contributed by atoms with Gasteiger partial charge < -0.3 is 19.7 Å².